The second-order valence-corrected chi connectivity index (χ2v) is 11.2. The Balaban J connectivity index is 1.09. The second kappa shape index (κ2) is 10.4. The van der Waals surface area contributed by atoms with Crippen LogP contribution < -0.4 is 15.0 Å². The van der Waals surface area contributed by atoms with E-state index in [4.69, 9.17) is 9.72 Å². The molecule has 7 rings (SSSR count). The monoisotopic (exact) mass is 583 g/mol. The molecule has 0 bridgehead atoms. The average Bonchev–Trinajstić information content (AvgIpc) is 3.93. The molecule has 4 amide bonds. The number of nitrogens with one attached hydrogen (secondary N) is 1. The Kier molecular flexibility index (Phi) is 6.49. The summed E-state index contributed by atoms with van der Waals surface area (Å²) >= 11 is 0. The van der Waals surface area contributed by atoms with Crippen molar-refractivity contribution in [2.75, 3.05) is 23.8 Å². The summed E-state index contributed by atoms with van der Waals surface area (Å²) in [5.74, 6) is 0.702. The third kappa shape index (κ3) is 5.14. The van der Waals surface area contributed by atoms with Crippen LogP contribution in [0.2, 0.25) is 0 Å². The largest absolute Gasteiger partial charge is 0.485 e. The lowest BCUT2D eigenvalue weighted by Crippen LogP contribution is -2.30. The molecule has 1 saturated heterocycles. The van der Waals surface area contributed by atoms with Crippen LogP contribution in [0.5, 0.6) is 5.75 Å². The lowest BCUT2D eigenvalue weighted by atomic mass is 10.1. The maximum Gasteiger partial charge on any atom is 0.331 e. The van der Waals surface area contributed by atoms with Gasteiger partial charge < -0.3 is 19.6 Å². The topological polar surface area (TPSA) is 168 Å². The zero-order valence-electron chi connectivity index (χ0n) is 23.6. The number of aliphatic hydroxyl groups is 1. The minimum atomic E-state index is -0.412. The highest BCUT2D eigenvalue weighted by Crippen LogP contribution is 2.46. The molecule has 2 N–H and O–H groups in total. The van der Waals surface area contributed by atoms with Crippen LogP contribution in [0.3, 0.4) is 0 Å². The normalized spacial score (nSPS) is 19.8. The van der Waals surface area contributed by atoms with Gasteiger partial charge in [0.25, 0.3) is 0 Å². The van der Waals surface area contributed by atoms with Crippen molar-refractivity contribution in [3.63, 3.8) is 0 Å². The van der Waals surface area contributed by atoms with E-state index < -0.39 is 12.6 Å². The van der Waals surface area contributed by atoms with Crippen LogP contribution in [-0.4, -0.2) is 71.0 Å². The number of hydrogen-bond donors (Lipinski definition) is 2. The molecule has 43 heavy (non-hydrogen) atoms. The number of pyridine rings is 1. The van der Waals surface area contributed by atoms with Crippen molar-refractivity contribution in [1.29, 1.82) is 0 Å². The Hall–Kier alpha value is -4.98. The number of amides is 4. The van der Waals surface area contributed by atoms with Gasteiger partial charge in [-0.25, -0.2) is 19.7 Å². The molecule has 0 aromatic carbocycles. The molecule has 2 saturated carbocycles. The Labute approximate surface area is 245 Å². The number of urea groups is 1. The first-order valence-corrected chi connectivity index (χ1v) is 14.1. The number of anilines is 2. The van der Waals surface area contributed by atoms with Crippen molar-refractivity contribution in [2.24, 2.45) is 5.92 Å². The van der Waals surface area contributed by atoms with Crippen LogP contribution in [0, 0.1) is 12.8 Å². The highest BCUT2D eigenvalue weighted by Gasteiger charge is 2.46. The SMILES string of the molecule is Cc1ccnc([C@H]2C[C@@H]2C(=O)Nc2cc(OCc3cn4cc(C5CC5)cc(N5CC(=O)N(C)C5=O)c4n3)c(CO)nn2)n1. The number of likely N-dealkylation sites (N-methyl/N-ethyl adjacent to an activating group) is 1. The number of hydrogen-bond acceptors (Lipinski definition) is 10. The molecular weight excluding hydrogens is 554 g/mol. The predicted octanol–water partition coefficient (Wildman–Crippen LogP) is 2.31. The van der Waals surface area contributed by atoms with Crippen molar-refractivity contribution in [1.82, 2.24) is 34.4 Å². The Morgan fingerprint density at radius 2 is 2.00 bits per heavy atom. The Morgan fingerprint density at radius 3 is 2.72 bits per heavy atom. The number of rotatable bonds is 9. The maximum absolute atomic E-state index is 12.9. The first-order valence-electron chi connectivity index (χ1n) is 14.1. The van der Waals surface area contributed by atoms with Crippen molar-refractivity contribution in [3.8, 4) is 5.75 Å². The van der Waals surface area contributed by atoms with Gasteiger partial charge in [-0.05, 0) is 49.8 Å². The molecule has 2 aliphatic carbocycles. The summed E-state index contributed by atoms with van der Waals surface area (Å²) in [4.78, 5) is 53.9. The Bertz CT molecular complexity index is 1790. The quantitative estimate of drug-likeness (QED) is 0.279. The molecular formula is C29H29N9O5. The third-order valence-corrected chi connectivity index (χ3v) is 8.01. The van der Waals surface area contributed by atoms with Crippen LogP contribution in [0.4, 0.5) is 16.3 Å². The standard InChI is InChI=1S/C29H29N9O5/c1-15-5-6-30-26(31-15)19-8-20(19)28(41)33-24-9-23(21(13-39)34-35-24)43-14-18-11-37-10-17(16-3-4-16)7-22(27(37)32-18)38-12-25(40)36(2)29(38)42/h5-7,9-11,16,19-20,39H,3-4,8,12-14H2,1-2H3,(H,33,35,41)/t19-,20-/m0/s1. The van der Waals surface area contributed by atoms with Gasteiger partial charge in [0.15, 0.2) is 11.5 Å². The highest BCUT2D eigenvalue weighted by molar-refractivity contribution is 6.13. The summed E-state index contributed by atoms with van der Waals surface area (Å²) in [5.41, 5.74) is 3.79. The number of imide groups is 1. The molecule has 1 aliphatic heterocycles. The van der Waals surface area contributed by atoms with E-state index in [2.05, 4.69) is 25.5 Å². The van der Waals surface area contributed by atoms with Gasteiger partial charge >= 0.3 is 6.03 Å². The zero-order chi connectivity index (χ0) is 29.8. The van der Waals surface area contributed by atoms with Gasteiger partial charge in [-0.3, -0.25) is 19.4 Å². The van der Waals surface area contributed by atoms with Crippen LogP contribution in [0.1, 0.15) is 59.6 Å². The minimum absolute atomic E-state index is 0.0220. The first-order chi connectivity index (χ1) is 20.8. The molecule has 0 radical (unpaired) electrons. The van der Waals surface area contributed by atoms with Gasteiger partial charge in [0, 0.05) is 49.2 Å². The number of fused-ring (bicyclic) bond motifs is 1. The number of aliphatic hydroxyl groups excluding tert-OH is 1. The number of nitrogens with zero attached hydrogens (tertiary/aromatic N) is 8. The van der Waals surface area contributed by atoms with Crippen molar-refractivity contribution in [2.45, 2.75) is 51.2 Å². The molecule has 2 atom stereocenters. The first kappa shape index (κ1) is 26.9. The lowest BCUT2D eigenvalue weighted by molar-refractivity contribution is -0.124. The summed E-state index contributed by atoms with van der Waals surface area (Å²) in [5, 5.41) is 20.7. The molecule has 0 unspecified atom stereocenters. The van der Waals surface area contributed by atoms with E-state index >= 15 is 0 Å². The smallest absolute Gasteiger partial charge is 0.331 e. The predicted molar refractivity (Wildman–Crippen MR) is 151 cm³/mol. The molecule has 3 fully saturated rings. The zero-order valence-corrected chi connectivity index (χ0v) is 23.6. The second-order valence-electron chi connectivity index (χ2n) is 11.2. The average molecular weight is 584 g/mol. The maximum atomic E-state index is 12.9. The fourth-order valence-electron chi connectivity index (χ4n) is 5.33. The molecule has 0 spiro atoms. The van der Waals surface area contributed by atoms with Crippen LogP contribution in [0.15, 0.2) is 36.8 Å². The van der Waals surface area contributed by atoms with Gasteiger partial charge in [0.1, 0.15) is 30.4 Å². The molecule has 3 aliphatic rings. The van der Waals surface area contributed by atoms with Crippen molar-refractivity contribution < 1.29 is 24.2 Å². The van der Waals surface area contributed by atoms with Crippen LogP contribution >= 0.6 is 0 Å². The van der Waals surface area contributed by atoms with E-state index in [1.165, 1.54) is 18.0 Å². The van der Waals surface area contributed by atoms with Crippen LogP contribution in [0.25, 0.3) is 5.65 Å². The number of carbonyl (C=O) groups excluding carboxylic acids is 3. The van der Waals surface area contributed by atoms with E-state index in [-0.39, 0.29) is 54.1 Å². The van der Waals surface area contributed by atoms with E-state index in [1.54, 1.807) is 6.20 Å². The summed E-state index contributed by atoms with van der Waals surface area (Å²) < 4.78 is 7.86. The van der Waals surface area contributed by atoms with Gasteiger partial charge in [-0.2, -0.15) is 0 Å². The highest BCUT2D eigenvalue weighted by atomic mass is 16.5. The van der Waals surface area contributed by atoms with Crippen molar-refractivity contribution >= 4 is 35.0 Å². The summed E-state index contributed by atoms with van der Waals surface area (Å²) in [6, 6.07) is 4.88. The number of aromatic nitrogens is 6. The van der Waals surface area contributed by atoms with Gasteiger partial charge in [-0.15, -0.1) is 10.2 Å². The fourth-order valence-corrected chi connectivity index (χ4v) is 5.33. The molecule has 220 valence electrons. The summed E-state index contributed by atoms with van der Waals surface area (Å²) in [6.45, 7) is 1.45. The fraction of sp³-hybridized carbons (Fsp3) is 0.379. The van der Waals surface area contributed by atoms with Gasteiger partial charge in [0.05, 0.1) is 18.0 Å². The molecule has 4 aromatic rings. The molecule has 5 heterocycles. The summed E-state index contributed by atoms with van der Waals surface area (Å²) in [6.07, 6.45) is 8.28. The number of carbonyl (C=O) groups is 3. The number of aryl methyl sites for hydroxylation is 1. The summed E-state index contributed by atoms with van der Waals surface area (Å²) in [7, 11) is 1.47. The van der Waals surface area contributed by atoms with E-state index in [1.807, 2.05) is 35.9 Å². The van der Waals surface area contributed by atoms with E-state index in [0.717, 1.165) is 29.0 Å². The van der Waals surface area contributed by atoms with Crippen molar-refractivity contribution in [3.05, 3.63) is 65.3 Å². The molecule has 4 aromatic heterocycles. The van der Waals surface area contributed by atoms with E-state index in [0.29, 0.717) is 35.2 Å². The molecule has 14 nitrogen and oxygen atoms in total. The minimum Gasteiger partial charge on any atom is -0.485 e. The molecule has 14 heteroatoms. The number of imidazole rings is 1. The van der Waals surface area contributed by atoms with Crippen LogP contribution in [-0.2, 0) is 22.8 Å². The van der Waals surface area contributed by atoms with E-state index in [9.17, 15) is 19.5 Å². The van der Waals surface area contributed by atoms with Gasteiger partial charge in [-0.1, -0.05) is 0 Å². The Morgan fingerprint density at radius 1 is 1.16 bits per heavy atom. The third-order valence-electron chi connectivity index (χ3n) is 8.01. The number of ether oxygens (including phenoxy) is 1. The van der Waals surface area contributed by atoms with Gasteiger partial charge in [0.2, 0.25) is 11.8 Å². The lowest BCUT2D eigenvalue weighted by Gasteiger charge is -2.17.